The maximum absolute atomic E-state index is 12.5. The maximum Gasteiger partial charge on any atom is 0.259 e. The van der Waals surface area contributed by atoms with Crippen LogP contribution in [0.5, 0.6) is 0 Å². The van der Waals surface area contributed by atoms with Crippen molar-refractivity contribution in [1.82, 2.24) is 15.3 Å². The molecule has 3 heterocycles. The highest BCUT2D eigenvalue weighted by atomic mass is 32.2. The minimum Gasteiger partial charge on any atom is -0.350 e. The SMILES string of the molecule is Cc1c[nH]c2nccc(N3C=C(C(=O)NCC4(N)CCC4)SCC3)c12. The summed E-state index contributed by atoms with van der Waals surface area (Å²) in [4.78, 5) is 23.0. The van der Waals surface area contributed by atoms with E-state index in [9.17, 15) is 4.79 Å². The second kappa shape index (κ2) is 6.38. The summed E-state index contributed by atoms with van der Waals surface area (Å²) in [5.74, 6) is 0.850. The van der Waals surface area contributed by atoms with Gasteiger partial charge in [0.05, 0.1) is 10.6 Å². The van der Waals surface area contributed by atoms with Gasteiger partial charge >= 0.3 is 0 Å². The molecule has 0 aromatic carbocycles. The number of thioether (sulfide) groups is 1. The molecule has 0 unspecified atom stereocenters. The molecule has 132 valence electrons. The first-order valence-electron chi connectivity index (χ1n) is 8.67. The van der Waals surface area contributed by atoms with Gasteiger partial charge in [-0.2, -0.15) is 0 Å². The minimum atomic E-state index is -0.200. The second-order valence-electron chi connectivity index (χ2n) is 6.96. The molecule has 1 amide bonds. The Morgan fingerprint density at radius 1 is 1.52 bits per heavy atom. The zero-order valence-corrected chi connectivity index (χ0v) is 15.2. The maximum atomic E-state index is 12.5. The van der Waals surface area contributed by atoms with Crippen LogP contribution in [0.1, 0.15) is 24.8 Å². The van der Waals surface area contributed by atoms with Crippen molar-refractivity contribution < 1.29 is 4.79 Å². The number of hydrogen-bond acceptors (Lipinski definition) is 5. The van der Waals surface area contributed by atoms with Crippen LogP contribution in [0.2, 0.25) is 0 Å². The van der Waals surface area contributed by atoms with Crippen LogP contribution in [0.15, 0.2) is 29.6 Å². The smallest absolute Gasteiger partial charge is 0.259 e. The summed E-state index contributed by atoms with van der Waals surface area (Å²) in [6.45, 7) is 3.49. The third-order valence-corrected chi connectivity index (χ3v) is 6.08. The van der Waals surface area contributed by atoms with Crippen molar-refractivity contribution in [2.24, 2.45) is 5.73 Å². The average Bonchev–Trinajstić information content (AvgIpc) is 2.99. The first kappa shape index (κ1) is 16.5. The molecule has 0 bridgehead atoms. The van der Waals surface area contributed by atoms with E-state index in [1.165, 1.54) is 0 Å². The fourth-order valence-electron chi connectivity index (χ4n) is 3.40. The van der Waals surface area contributed by atoms with Crippen molar-refractivity contribution in [3.05, 3.63) is 35.1 Å². The zero-order chi connectivity index (χ0) is 17.4. The highest BCUT2D eigenvalue weighted by Crippen LogP contribution is 2.33. The Morgan fingerprint density at radius 3 is 3.12 bits per heavy atom. The molecule has 0 saturated heterocycles. The van der Waals surface area contributed by atoms with Gasteiger partial charge in [-0.15, -0.1) is 11.8 Å². The molecule has 25 heavy (non-hydrogen) atoms. The third kappa shape index (κ3) is 3.14. The molecule has 0 spiro atoms. The number of anilines is 1. The van der Waals surface area contributed by atoms with Gasteiger partial charge in [0.1, 0.15) is 5.65 Å². The normalized spacial score (nSPS) is 19.4. The monoisotopic (exact) mass is 357 g/mol. The standard InChI is InChI=1S/C18H23N5OS/c1-12-9-21-16-15(12)13(3-6-20-16)23-7-8-25-14(10-23)17(24)22-11-18(19)4-2-5-18/h3,6,9-10H,2,4-5,7-8,11,19H2,1H3,(H,20,21)(H,22,24). The Bertz CT molecular complexity index is 839. The third-order valence-electron chi connectivity index (χ3n) is 5.10. The predicted octanol–water partition coefficient (Wildman–Crippen LogP) is 2.26. The van der Waals surface area contributed by atoms with Crippen LogP contribution in [0.25, 0.3) is 11.0 Å². The number of amides is 1. The van der Waals surface area contributed by atoms with Gasteiger partial charge in [-0.05, 0) is 37.8 Å². The van der Waals surface area contributed by atoms with Crippen LogP contribution in [-0.4, -0.2) is 40.3 Å². The first-order valence-corrected chi connectivity index (χ1v) is 9.65. The molecule has 7 heteroatoms. The Labute approximate surface area is 151 Å². The number of nitrogens with one attached hydrogen (secondary N) is 2. The summed E-state index contributed by atoms with van der Waals surface area (Å²) in [7, 11) is 0. The number of aryl methyl sites for hydroxylation is 1. The van der Waals surface area contributed by atoms with E-state index >= 15 is 0 Å². The van der Waals surface area contributed by atoms with E-state index in [2.05, 4.69) is 27.1 Å². The topological polar surface area (TPSA) is 87.0 Å². The van der Waals surface area contributed by atoms with Crippen molar-refractivity contribution in [2.75, 3.05) is 23.7 Å². The van der Waals surface area contributed by atoms with E-state index in [1.54, 1.807) is 18.0 Å². The van der Waals surface area contributed by atoms with Crippen LogP contribution in [0.3, 0.4) is 0 Å². The van der Waals surface area contributed by atoms with E-state index < -0.39 is 0 Å². The molecule has 1 saturated carbocycles. The molecular weight excluding hydrogens is 334 g/mol. The molecule has 4 N–H and O–H groups in total. The lowest BCUT2D eigenvalue weighted by molar-refractivity contribution is -0.117. The number of nitrogens with zero attached hydrogens (tertiary/aromatic N) is 2. The van der Waals surface area contributed by atoms with Crippen molar-refractivity contribution >= 4 is 34.4 Å². The number of aromatic amines is 1. The highest BCUT2D eigenvalue weighted by molar-refractivity contribution is 8.04. The van der Waals surface area contributed by atoms with Crippen LogP contribution >= 0.6 is 11.8 Å². The number of rotatable bonds is 4. The van der Waals surface area contributed by atoms with E-state index in [0.717, 1.165) is 58.7 Å². The second-order valence-corrected chi connectivity index (χ2v) is 8.10. The van der Waals surface area contributed by atoms with E-state index in [1.807, 2.05) is 18.5 Å². The lowest BCUT2D eigenvalue weighted by Gasteiger charge is -2.38. The molecule has 1 fully saturated rings. The van der Waals surface area contributed by atoms with E-state index in [-0.39, 0.29) is 11.4 Å². The summed E-state index contributed by atoms with van der Waals surface area (Å²) < 4.78 is 0. The van der Waals surface area contributed by atoms with Crippen LogP contribution in [0.4, 0.5) is 5.69 Å². The Balaban J connectivity index is 1.55. The Kier molecular flexibility index (Phi) is 4.21. The van der Waals surface area contributed by atoms with Crippen molar-refractivity contribution in [3.8, 4) is 0 Å². The number of nitrogens with two attached hydrogens (primary N) is 1. The summed E-state index contributed by atoms with van der Waals surface area (Å²) >= 11 is 1.60. The molecular formula is C18H23N5OS. The molecule has 4 rings (SSSR count). The Morgan fingerprint density at radius 2 is 2.36 bits per heavy atom. The van der Waals surface area contributed by atoms with Gasteiger partial charge in [0.25, 0.3) is 5.91 Å². The lowest BCUT2D eigenvalue weighted by Crippen LogP contribution is -2.55. The van der Waals surface area contributed by atoms with Gasteiger partial charge < -0.3 is 20.9 Å². The summed E-state index contributed by atoms with van der Waals surface area (Å²) in [5.41, 5.74) is 9.13. The Hall–Kier alpha value is -1.99. The number of hydrogen-bond donors (Lipinski definition) is 3. The van der Waals surface area contributed by atoms with Crippen LogP contribution in [0, 0.1) is 6.92 Å². The van der Waals surface area contributed by atoms with Gasteiger partial charge in [0, 0.05) is 48.4 Å². The molecule has 1 aliphatic carbocycles. The quantitative estimate of drug-likeness (QED) is 0.781. The molecule has 2 aromatic rings. The average molecular weight is 357 g/mol. The van der Waals surface area contributed by atoms with Crippen LogP contribution < -0.4 is 16.0 Å². The van der Waals surface area contributed by atoms with Gasteiger partial charge in [-0.25, -0.2) is 4.98 Å². The fourth-order valence-corrected chi connectivity index (χ4v) is 4.31. The van der Waals surface area contributed by atoms with Crippen LogP contribution in [-0.2, 0) is 4.79 Å². The minimum absolute atomic E-state index is 0.0254. The number of pyridine rings is 1. The summed E-state index contributed by atoms with van der Waals surface area (Å²) in [6.07, 6.45) is 8.87. The molecule has 6 nitrogen and oxygen atoms in total. The number of carbonyl (C=O) groups is 1. The number of H-pyrrole nitrogens is 1. The first-order chi connectivity index (χ1) is 12.1. The molecule has 2 aliphatic rings. The largest absolute Gasteiger partial charge is 0.350 e. The van der Waals surface area contributed by atoms with Gasteiger partial charge in [0.2, 0.25) is 0 Å². The molecule has 0 radical (unpaired) electrons. The zero-order valence-electron chi connectivity index (χ0n) is 14.3. The van der Waals surface area contributed by atoms with Gasteiger partial charge in [-0.3, -0.25) is 4.79 Å². The number of fused-ring (bicyclic) bond motifs is 1. The summed E-state index contributed by atoms with van der Waals surface area (Å²) in [5, 5.41) is 4.12. The molecule has 0 atom stereocenters. The number of aromatic nitrogens is 2. The lowest BCUT2D eigenvalue weighted by atomic mass is 9.78. The highest BCUT2D eigenvalue weighted by Gasteiger charge is 2.33. The van der Waals surface area contributed by atoms with Gasteiger partial charge in [0.15, 0.2) is 0 Å². The predicted molar refractivity (Wildman–Crippen MR) is 102 cm³/mol. The number of carbonyl (C=O) groups excluding carboxylic acids is 1. The van der Waals surface area contributed by atoms with E-state index in [4.69, 9.17) is 5.73 Å². The van der Waals surface area contributed by atoms with Crippen molar-refractivity contribution in [3.63, 3.8) is 0 Å². The van der Waals surface area contributed by atoms with Gasteiger partial charge in [-0.1, -0.05) is 0 Å². The fraction of sp³-hybridized carbons (Fsp3) is 0.444. The van der Waals surface area contributed by atoms with Crippen molar-refractivity contribution in [2.45, 2.75) is 31.7 Å². The summed E-state index contributed by atoms with van der Waals surface area (Å²) in [6, 6.07) is 2.01. The van der Waals surface area contributed by atoms with E-state index in [0.29, 0.717) is 6.54 Å². The molecule has 1 aliphatic heterocycles. The van der Waals surface area contributed by atoms with Crippen molar-refractivity contribution in [1.29, 1.82) is 0 Å². The molecule has 2 aromatic heterocycles.